The van der Waals surface area contributed by atoms with Gasteiger partial charge >= 0.3 is 11.7 Å². The third-order valence-electron chi connectivity index (χ3n) is 3.82. The van der Waals surface area contributed by atoms with E-state index in [1.54, 1.807) is 4.90 Å². The van der Waals surface area contributed by atoms with E-state index in [1.807, 2.05) is 17.3 Å². The molecular formula is C15H17F6N3OS. The molecule has 0 radical (unpaired) electrons. The third-order valence-corrected chi connectivity index (χ3v) is 4.55. The van der Waals surface area contributed by atoms with E-state index >= 15 is 0 Å². The predicted molar refractivity (Wildman–Crippen MR) is 88.3 cm³/mol. The zero-order valence-electron chi connectivity index (χ0n) is 13.7. The van der Waals surface area contributed by atoms with Crippen molar-refractivity contribution < 1.29 is 31.1 Å². The molecule has 0 atom stereocenters. The summed E-state index contributed by atoms with van der Waals surface area (Å²) in [5.41, 5.74) is -5.91. The van der Waals surface area contributed by atoms with Crippen molar-refractivity contribution >= 4 is 29.0 Å². The number of hydrogen-bond acceptors (Lipinski definition) is 4. The summed E-state index contributed by atoms with van der Waals surface area (Å²) >= 11 is -0.606. The first-order valence-electron chi connectivity index (χ1n) is 7.61. The van der Waals surface area contributed by atoms with Crippen LogP contribution in [0.15, 0.2) is 18.2 Å². The smallest absolute Gasteiger partial charge is 0.369 e. The topological polar surface area (TPSA) is 35.6 Å². The van der Waals surface area contributed by atoms with E-state index in [-0.39, 0.29) is 0 Å². The number of thioether (sulfide) groups is 1. The highest BCUT2D eigenvalue weighted by Gasteiger charge is 2.35. The van der Waals surface area contributed by atoms with Gasteiger partial charge in [-0.05, 0) is 37.0 Å². The maximum atomic E-state index is 13.3. The lowest BCUT2D eigenvalue weighted by Gasteiger charge is -2.34. The number of halogens is 6. The summed E-state index contributed by atoms with van der Waals surface area (Å²) in [5, 5.41) is 1.92. The van der Waals surface area contributed by atoms with Crippen LogP contribution in [-0.4, -0.2) is 55.3 Å². The number of anilines is 2. The van der Waals surface area contributed by atoms with Crippen LogP contribution in [0, 0.1) is 0 Å². The Labute approximate surface area is 150 Å². The van der Waals surface area contributed by atoms with E-state index in [9.17, 15) is 31.1 Å². The minimum atomic E-state index is -4.75. The molecular weight excluding hydrogens is 384 g/mol. The highest BCUT2D eigenvalue weighted by molar-refractivity contribution is 8.00. The van der Waals surface area contributed by atoms with Gasteiger partial charge < -0.3 is 15.1 Å². The monoisotopic (exact) mass is 401 g/mol. The largest absolute Gasteiger partial charge is 0.442 e. The van der Waals surface area contributed by atoms with E-state index in [4.69, 9.17) is 0 Å². The SMILES string of the molecule is CN1CCN(c2ccc(NC(=O)CSC(F)(F)F)c(C(F)(F)F)c2)CC1. The molecule has 2 rings (SSSR count). The number of carbonyl (C=O) groups excluding carboxylic acids is 1. The number of rotatable bonds is 4. The second kappa shape index (κ2) is 7.95. The zero-order chi connectivity index (χ0) is 19.5. The molecule has 1 heterocycles. The number of carbonyl (C=O) groups is 1. The Hall–Kier alpha value is -1.62. The van der Waals surface area contributed by atoms with Gasteiger partial charge in [0.2, 0.25) is 5.91 Å². The van der Waals surface area contributed by atoms with Gasteiger partial charge in [-0.3, -0.25) is 4.79 Å². The minimum Gasteiger partial charge on any atom is -0.369 e. The maximum Gasteiger partial charge on any atom is 0.442 e. The van der Waals surface area contributed by atoms with Crippen molar-refractivity contribution in [1.82, 2.24) is 4.90 Å². The minimum absolute atomic E-state index is 0.355. The van der Waals surface area contributed by atoms with E-state index < -0.39 is 46.4 Å². The number of amides is 1. The fourth-order valence-electron chi connectivity index (χ4n) is 2.47. The second-order valence-electron chi connectivity index (χ2n) is 5.80. The lowest BCUT2D eigenvalue weighted by atomic mass is 10.1. The molecule has 0 bridgehead atoms. The summed E-state index contributed by atoms with van der Waals surface area (Å²) in [6, 6.07) is 3.41. The summed E-state index contributed by atoms with van der Waals surface area (Å²) in [7, 11) is 1.91. The molecule has 1 fully saturated rings. The zero-order valence-corrected chi connectivity index (χ0v) is 14.6. The number of hydrogen-bond donors (Lipinski definition) is 1. The van der Waals surface area contributed by atoms with Crippen LogP contribution < -0.4 is 10.2 Å². The van der Waals surface area contributed by atoms with Crippen molar-refractivity contribution in [3.63, 3.8) is 0 Å². The van der Waals surface area contributed by atoms with Crippen molar-refractivity contribution in [1.29, 1.82) is 0 Å². The third kappa shape index (κ3) is 5.97. The number of benzene rings is 1. The van der Waals surface area contributed by atoms with Crippen LogP contribution in [-0.2, 0) is 11.0 Å². The molecule has 26 heavy (non-hydrogen) atoms. The van der Waals surface area contributed by atoms with Crippen LogP contribution in [0.2, 0.25) is 0 Å². The molecule has 146 valence electrons. The quantitative estimate of drug-likeness (QED) is 0.782. The first-order chi connectivity index (χ1) is 12.0. The molecule has 1 aromatic carbocycles. The highest BCUT2D eigenvalue weighted by Crippen LogP contribution is 2.38. The van der Waals surface area contributed by atoms with E-state index in [2.05, 4.69) is 0 Å². The molecule has 0 aliphatic carbocycles. The molecule has 1 aliphatic rings. The predicted octanol–water partition coefficient (Wildman–Crippen LogP) is 3.65. The van der Waals surface area contributed by atoms with Crippen LogP contribution >= 0.6 is 11.8 Å². The van der Waals surface area contributed by atoms with Gasteiger partial charge in [-0.2, -0.15) is 26.3 Å². The summed E-state index contributed by atoms with van der Waals surface area (Å²) in [6.45, 7) is 2.52. The average molecular weight is 401 g/mol. The fraction of sp³-hybridized carbons (Fsp3) is 0.533. The summed E-state index contributed by atoms with van der Waals surface area (Å²) in [6.07, 6.45) is -4.75. The fourth-order valence-corrected chi connectivity index (χ4v) is 2.84. The Balaban J connectivity index is 2.17. The molecule has 0 aromatic heterocycles. The van der Waals surface area contributed by atoms with E-state index in [1.165, 1.54) is 6.07 Å². The van der Waals surface area contributed by atoms with Crippen LogP contribution in [0.3, 0.4) is 0 Å². The molecule has 0 unspecified atom stereocenters. The van der Waals surface area contributed by atoms with Crippen molar-refractivity contribution in [2.45, 2.75) is 11.7 Å². The lowest BCUT2D eigenvalue weighted by molar-refractivity contribution is -0.136. The lowest BCUT2D eigenvalue weighted by Crippen LogP contribution is -2.44. The van der Waals surface area contributed by atoms with Crippen molar-refractivity contribution in [3.8, 4) is 0 Å². The van der Waals surface area contributed by atoms with Crippen LogP contribution in [0.1, 0.15) is 5.56 Å². The summed E-state index contributed by atoms with van der Waals surface area (Å²) < 4.78 is 76.3. The number of alkyl halides is 6. The number of piperazine rings is 1. The maximum absolute atomic E-state index is 13.3. The second-order valence-corrected chi connectivity index (χ2v) is 6.84. The van der Waals surface area contributed by atoms with Crippen molar-refractivity contribution in [3.05, 3.63) is 23.8 Å². The van der Waals surface area contributed by atoms with E-state index in [0.29, 0.717) is 31.9 Å². The Kier molecular flexibility index (Phi) is 6.33. The summed E-state index contributed by atoms with van der Waals surface area (Å²) in [4.78, 5) is 15.4. The molecule has 1 amide bonds. The van der Waals surface area contributed by atoms with Crippen LogP contribution in [0.25, 0.3) is 0 Å². The van der Waals surface area contributed by atoms with Crippen LogP contribution in [0.5, 0.6) is 0 Å². The van der Waals surface area contributed by atoms with Gasteiger partial charge in [0.15, 0.2) is 0 Å². The summed E-state index contributed by atoms with van der Waals surface area (Å²) in [5.74, 6) is -2.16. The van der Waals surface area contributed by atoms with E-state index in [0.717, 1.165) is 12.1 Å². The Morgan fingerprint density at radius 3 is 2.27 bits per heavy atom. The number of nitrogens with one attached hydrogen (secondary N) is 1. The highest BCUT2D eigenvalue weighted by atomic mass is 32.2. The number of nitrogens with zero attached hydrogens (tertiary/aromatic N) is 2. The molecule has 1 N–H and O–H groups in total. The Bertz CT molecular complexity index is 641. The van der Waals surface area contributed by atoms with Crippen molar-refractivity contribution in [2.24, 2.45) is 0 Å². The molecule has 11 heteroatoms. The molecule has 0 spiro atoms. The van der Waals surface area contributed by atoms with Gasteiger partial charge in [0.25, 0.3) is 0 Å². The van der Waals surface area contributed by atoms with Gasteiger partial charge in [-0.15, -0.1) is 0 Å². The molecule has 4 nitrogen and oxygen atoms in total. The van der Waals surface area contributed by atoms with Crippen molar-refractivity contribution in [2.75, 3.05) is 49.2 Å². The van der Waals surface area contributed by atoms with Gasteiger partial charge in [-0.25, -0.2) is 0 Å². The Morgan fingerprint density at radius 1 is 1.12 bits per heavy atom. The molecule has 0 saturated carbocycles. The normalized spacial score (nSPS) is 16.7. The molecule has 1 aromatic rings. The van der Waals surface area contributed by atoms with Gasteiger partial charge in [0.1, 0.15) is 0 Å². The molecule has 1 saturated heterocycles. The molecule has 1 aliphatic heterocycles. The standard InChI is InChI=1S/C15H17F6N3OS/c1-23-4-6-24(7-5-23)10-2-3-12(11(8-10)14(16,17)18)22-13(25)9-26-15(19,20)21/h2-3,8H,4-7,9H2,1H3,(H,22,25). The van der Waals surface area contributed by atoms with Gasteiger partial charge in [-0.1, -0.05) is 0 Å². The average Bonchev–Trinajstić information content (AvgIpc) is 2.52. The first-order valence-corrected chi connectivity index (χ1v) is 8.59. The van der Waals surface area contributed by atoms with Gasteiger partial charge in [0, 0.05) is 31.9 Å². The number of likely N-dealkylation sites (N-methyl/N-ethyl adjacent to an activating group) is 1. The van der Waals surface area contributed by atoms with Gasteiger partial charge in [0.05, 0.1) is 17.0 Å². The first kappa shape index (κ1) is 20.7. The Morgan fingerprint density at radius 2 is 1.73 bits per heavy atom. The van der Waals surface area contributed by atoms with Crippen LogP contribution in [0.4, 0.5) is 37.7 Å².